The number of hydrogen-bond acceptors (Lipinski definition) is 2. The van der Waals surface area contributed by atoms with Gasteiger partial charge in [-0.25, -0.2) is 0 Å². The summed E-state index contributed by atoms with van der Waals surface area (Å²) in [6, 6.07) is 8.56. The van der Waals surface area contributed by atoms with Crippen molar-refractivity contribution in [3.05, 3.63) is 35.4 Å². The summed E-state index contributed by atoms with van der Waals surface area (Å²) >= 11 is 0. The fourth-order valence-corrected chi connectivity index (χ4v) is 1.57. The van der Waals surface area contributed by atoms with E-state index in [9.17, 15) is 0 Å². The molecule has 1 aromatic rings. The second-order valence-corrected chi connectivity index (χ2v) is 3.96. The molecule has 2 nitrogen and oxygen atoms in total. The highest BCUT2D eigenvalue weighted by atomic mass is 16.6. The van der Waals surface area contributed by atoms with Crippen molar-refractivity contribution in [2.45, 2.75) is 18.6 Å². The van der Waals surface area contributed by atoms with Crippen LogP contribution in [0.1, 0.15) is 24.2 Å². The van der Waals surface area contributed by atoms with Gasteiger partial charge in [-0.05, 0) is 18.1 Å². The lowest BCUT2D eigenvalue weighted by Gasteiger charge is -2.05. The van der Waals surface area contributed by atoms with Crippen molar-refractivity contribution in [1.82, 2.24) is 0 Å². The molecule has 2 heterocycles. The van der Waals surface area contributed by atoms with Crippen LogP contribution in [0.4, 0.5) is 0 Å². The van der Waals surface area contributed by atoms with Crippen LogP contribution in [-0.2, 0) is 15.1 Å². The molecule has 2 saturated heterocycles. The number of benzene rings is 1. The van der Waals surface area contributed by atoms with Gasteiger partial charge in [0.15, 0.2) is 0 Å². The summed E-state index contributed by atoms with van der Waals surface area (Å²) in [7, 11) is 0. The topological polar surface area (TPSA) is 25.1 Å². The van der Waals surface area contributed by atoms with Crippen LogP contribution in [0.25, 0.3) is 0 Å². The van der Waals surface area contributed by atoms with Crippen LogP contribution in [-0.4, -0.2) is 13.2 Å². The first-order valence-electron chi connectivity index (χ1n) is 4.64. The Kier molecular flexibility index (Phi) is 1.35. The fourth-order valence-electron chi connectivity index (χ4n) is 1.57. The highest BCUT2D eigenvalue weighted by molar-refractivity contribution is 5.31. The number of rotatable bonds is 2. The molecule has 2 fully saturated rings. The maximum absolute atomic E-state index is 5.37. The van der Waals surface area contributed by atoms with E-state index < -0.39 is 0 Å². The van der Waals surface area contributed by atoms with E-state index >= 15 is 0 Å². The van der Waals surface area contributed by atoms with Gasteiger partial charge in [0.25, 0.3) is 0 Å². The molecule has 1 aromatic carbocycles. The SMILES string of the molecule is CC1(c2ccc(C3CO3)cc2)CO1. The first-order chi connectivity index (χ1) is 6.28. The van der Waals surface area contributed by atoms with E-state index in [-0.39, 0.29) is 5.60 Å². The van der Waals surface area contributed by atoms with Gasteiger partial charge in [-0.15, -0.1) is 0 Å². The molecule has 0 aliphatic carbocycles. The molecule has 0 aromatic heterocycles. The van der Waals surface area contributed by atoms with Gasteiger partial charge in [-0.3, -0.25) is 0 Å². The maximum atomic E-state index is 5.37. The van der Waals surface area contributed by atoms with Crippen molar-refractivity contribution in [3.63, 3.8) is 0 Å². The summed E-state index contributed by atoms with van der Waals surface area (Å²) in [4.78, 5) is 0. The third-order valence-electron chi connectivity index (χ3n) is 2.80. The van der Waals surface area contributed by atoms with Crippen LogP contribution in [0.15, 0.2) is 24.3 Å². The Morgan fingerprint density at radius 2 is 1.92 bits per heavy atom. The molecule has 0 amide bonds. The van der Waals surface area contributed by atoms with E-state index in [1.54, 1.807) is 0 Å². The van der Waals surface area contributed by atoms with Crippen LogP contribution < -0.4 is 0 Å². The smallest absolute Gasteiger partial charge is 0.114 e. The quantitative estimate of drug-likeness (QED) is 0.644. The molecular weight excluding hydrogens is 164 g/mol. The van der Waals surface area contributed by atoms with Crippen molar-refractivity contribution >= 4 is 0 Å². The average Bonchev–Trinajstić information content (AvgIpc) is 2.98. The fraction of sp³-hybridized carbons (Fsp3) is 0.455. The van der Waals surface area contributed by atoms with E-state index in [2.05, 4.69) is 31.2 Å². The molecule has 3 rings (SSSR count). The van der Waals surface area contributed by atoms with E-state index in [4.69, 9.17) is 9.47 Å². The molecule has 2 heteroatoms. The minimum absolute atomic E-state index is 0.00291. The Bertz CT molecular complexity index is 320. The van der Waals surface area contributed by atoms with Crippen molar-refractivity contribution in [2.75, 3.05) is 13.2 Å². The second-order valence-electron chi connectivity index (χ2n) is 3.96. The molecule has 0 bridgehead atoms. The van der Waals surface area contributed by atoms with E-state index in [1.807, 2.05) is 0 Å². The standard InChI is InChI=1S/C11H12O2/c1-11(7-13-11)9-4-2-8(3-5-9)10-6-12-10/h2-5,10H,6-7H2,1H3. The summed E-state index contributed by atoms with van der Waals surface area (Å²) in [5.74, 6) is 0. The molecule has 2 atom stereocenters. The van der Waals surface area contributed by atoms with Gasteiger partial charge in [-0.2, -0.15) is 0 Å². The summed E-state index contributed by atoms with van der Waals surface area (Å²) in [5.41, 5.74) is 2.56. The van der Waals surface area contributed by atoms with Crippen molar-refractivity contribution in [1.29, 1.82) is 0 Å². The molecule has 2 unspecified atom stereocenters. The highest BCUT2D eigenvalue weighted by Gasteiger charge is 2.41. The molecule has 0 spiro atoms. The van der Waals surface area contributed by atoms with Crippen LogP contribution >= 0.6 is 0 Å². The Labute approximate surface area is 77.5 Å². The highest BCUT2D eigenvalue weighted by Crippen LogP contribution is 2.39. The minimum Gasteiger partial charge on any atom is -0.368 e. The van der Waals surface area contributed by atoms with Gasteiger partial charge in [-0.1, -0.05) is 24.3 Å². The predicted molar refractivity (Wildman–Crippen MR) is 48.4 cm³/mol. The Morgan fingerprint density at radius 3 is 2.38 bits per heavy atom. The summed E-state index contributed by atoms with van der Waals surface area (Å²) in [6.07, 6.45) is 0.363. The average molecular weight is 176 g/mol. The molecular formula is C11H12O2. The second kappa shape index (κ2) is 2.34. The van der Waals surface area contributed by atoms with Gasteiger partial charge >= 0.3 is 0 Å². The van der Waals surface area contributed by atoms with Gasteiger partial charge in [0.2, 0.25) is 0 Å². The first kappa shape index (κ1) is 7.54. The Hall–Kier alpha value is -0.860. The van der Waals surface area contributed by atoms with Crippen molar-refractivity contribution in [2.24, 2.45) is 0 Å². The van der Waals surface area contributed by atoms with Crippen LogP contribution in [0.2, 0.25) is 0 Å². The maximum Gasteiger partial charge on any atom is 0.114 e. The molecule has 2 aliphatic rings. The number of epoxide rings is 2. The van der Waals surface area contributed by atoms with Gasteiger partial charge in [0.05, 0.1) is 13.2 Å². The zero-order valence-electron chi connectivity index (χ0n) is 7.62. The Morgan fingerprint density at radius 1 is 1.31 bits per heavy atom. The van der Waals surface area contributed by atoms with E-state index in [0.29, 0.717) is 6.10 Å². The zero-order chi connectivity index (χ0) is 8.89. The monoisotopic (exact) mass is 176 g/mol. The Balaban J connectivity index is 1.89. The van der Waals surface area contributed by atoms with E-state index in [1.165, 1.54) is 11.1 Å². The van der Waals surface area contributed by atoms with Crippen molar-refractivity contribution in [3.8, 4) is 0 Å². The lowest BCUT2D eigenvalue weighted by molar-refractivity contribution is 0.329. The lowest BCUT2D eigenvalue weighted by atomic mass is 10.00. The van der Waals surface area contributed by atoms with E-state index in [0.717, 1.165) is 13.2 Å². The largest absolute Gasteiger partial charge is 0.368 e. The molecule has 13 heavy (non-hydrogen) atoms. The summed E-state index contributed by atoms with van der Waals surface area (Å²) < 4.78 is 10.6. The molecule has 68 valence electrons. The summed E-state index contributed by atoms with van der Waals surface area (Å²) in [6.45, 7) is 3.86. The minimum atomic E-state index is 0.00291. The molecule has 0 saturated carbocycles. The third kappa shape index (κ3) is 1.26. The zero-order valence-corrected chi connectivity index (χ0v) is 7.62. The van der Waals surface area contributed by atoms with Crippen molar-refractivity contribution < 1.29 is 9.47 Å². The van der Waals surface area contributed by atoms with Gasteiger partial charge in [0.1, 0.15) is 11.7 Å². The summed E-state index contributed by atoms with van der Waals surface area (Å²) in [5, 5.41) is 0. The number of ether oxygens (including phenoxy) is 2. The molecule has 0 radical (unpaired) electrons. The predicted octanol–water partition coefficient (Wildman–Crippen LogP) is 2.00. The van der Waals surface area contributed by atoms with Gasteiger partial charge < -0.3 is 9.47 Å². The van der Waals surface area contributed by atoms with Crippen LogP contribution in [0.3, 0.4) is 0 Å². The molecule has 0 N–H and O–H groups in total. The number of hydrogen-bond donors (Lipinski definition) is 0. The van der Waals surface area contributed by atoms with Crippen LogP contribution in [0.5, 0.6) is 0 Å². The third-order valence-corrected chi connectivity index (χ3v) is 2.80. The van der Waals surface area contributed by atoms with Gasteiger partial charge in [0, 0.05) is 0 Å². The molecule has 2 aliphatic heterocycles. The van der Waals surface area contributed by atoms with Crippen LogP contribution in [0, 0.1) is 0 Å². The normalized spacial score (nSPS) is 35.9. The first-order valence-corrected chi connectivity index (χ1v) is 4.64. The lowest BCUT2D eigenvalue weighted by Crippen LogP contribution is -2.01.